The number of hydrogen-bond acceptors (Lipinski definition) is 3. The lowest BCUT2D eigenvalue weighted by Crippen LogP contribution is -2.31. The molecule has 82 valence electrons. The molecule has 0 heterocycles. The van der Waals surface area contributed by atoms with Crippen LogP contribution in [0.15, 0.2) is 18.2 Å². The van der Waals surface area contributed by atoms with Crippen molar-refractivity contribution in [2.75, 3.05) is 19.0 Å². The third-order valence-corrected chi connectivity index (χ3v) is 2.69. The molecule has 0 bridgehead atoms. The van der Waals surface area contributed by atoms with Gasteiger partial charge in [0.15, 0.2) is 11.6 Å². The van der Waals surface area contributed by atoms with Crippen LogP contribution in [-0.2, 0) is 0 Å². The minimum Gasteiger partial charge on any atom is -0.494 e. The maximum atomic E-state index is 13.3. The quantitative estimate of drug-likeness (QED) is 0.795. The van der Waals surface area contributed by atoms with E-state index < -0.39 is 0 Å². The molecule has 0 atom stereocenters. The molecular formula is C11H15FN2O. The van der Waals surface area contributed by atoms with Crippen molar-refractivity contribution in [3.63, 3.8) is 0 Å². The van der Waals surface area contributed by atoms with Gasteiger partial charge in [0, 0.05) is 23.8 Å². The zero-order chi connectivity index (χ0) is 10.9. The van der Waals surface area contributed by atoms with Crippen LogP contribution in [0.4, 0.5) is 10.1 Å². The Morgan fingerprint density at radius 1 is 1.53 bits per heavy atom. The summed E-state index contributed by atoms with van der Waals surface area (Å²) in [7, 11) is 1.45. The molecular weight excluding hydrogens is 195 g/mol. The summed E-state index contributed by atoms with van der Waals surface area (Å²) in [6, 6.07) is 4.81. The van der Waals surface area contributed by atoms with Crippen molar-refractivity contribution in [3.05, 3.63) is 24.0 Å². The topological polar surface area (TPSA) is 47.3 Å². The van der Waals surface area contributed by atoms with Gasteiger partial charge in [-0.25, -0.2) is 4.39 Å². The van der Waals surface area contributed by atoms with Crippen molar-refractivity contribution < 1.29 is 9.13 Å². The molecule has 1 saturated carbocycles. The van der Waals surface area contributed by atoms with Gasteiger partial charge in [-0.2, -0.15) is 0 Å². The lowest BCUT2D eigenvalue weighted by atomic mass is 10.2. The van der Waals surface area contributed by atoms with E-state index in [1.54, 1.807) is 12.1 Å². The number of nitrogens with two attached hydrogens (primary N) is 1. The average Bonchev–Trinajstić information content (AvgIpc) is 2.95. The fourth-order valence-electron chi connectivity index (χ4n) is 1.39. The van der Waals surface area contributed by atoms with Crippen LogP contribution in [-0.4, -0.2) is 19.2 Å². The molecule has 1 aliphatic rings. The molecule has 0 aromatic heterocycles. The van der Waals surface area contributed by atoms with Crippen LogP contribution in [0.2, 0.25) is 0 Å². The number of halogens is 1. The van der Waals surface area contributed by atoms with Crippen LogP contribution < -0.4 is 15.8 Å². The summed E-state index contributed by atoms with van der Waals surface area (Å²) in [5.74, 6) is -0.0983. The summed E-state index contributed by atoms with van der Waals surface area (Å²) in [5, 5.41) is 3.12. The van der Waals surface area contributed by atoms with E-state index in [4.69, 9.17) is 10.5 Å². The summed E-state index contributed by atoms with van der Waals surface area (Å²) in [6.07, 6.45) is 2.08. The number of rotatable bonds is 4. The smallest absolute Gasteiger partial charge is 0.167 e. The Labute approximate surface area is 88.4 Å². The maximum absolute atomic E-state index is 13.3. The van der Waals surface area contributed by atoms with Gasteiger partial charge in [0.25, 0.3) is 0 Å². The van der Waals surface area contributed by atoms with Gasteiger partial charge in [-0.3, -0.25) is 0 Å². The Morgan fingerprint density at radius 3 is 2.80 bits per heavy atom. The van der Waals surface area contributed by atoms with E-state index in [2.05, 4.69) is 5.32 Å². The number of benzene rings is 1. The van der Waals surface area contributed by atoms with Gasteiger partial charge in [0.2, 0.25) is 0 Å². The van der Waals surface area contributed by atoms with E-state index in [9.17, 15) is 4.39 Å². The molecule has 4 heteroatoms. The van der Waals surface area contributed by atoms with Gasteiger partial charge in [-0.05, 0) is 25.0 Å². The first-order valence-electron chi connectivity index (χ1n) is 4.99. The van der Waals surface area contributed by atoms with Crippen molar-refractivity contribution in [2.24, 2.45) is 5.73 Å². The second-order valence-electron chi connectivity index (χ2n) is 4.07. The SMILES string of the molecule is COc1ccc(NCC2(N)CC2)cc1F. The molecule has 1 fully saturated rings. The average molecular weight is 210 g/mol. The minimum atomic E-state index is -0.357. The first kappa shape index (κ1) is 10.2. The number of nitrogens with one attached hydrogen (secondary N) is 1. The van der Waals surface area contributed by atoms with Gasteiger partial charge in [-0.1, -0.05) is 0 Å². The van der Waals surface area contributed by atoms with Crippen molar-refractivity contribution >= 4 is 5.69 Å². The van der Waals surface area contributed by atoms with Gasteiger partial charge in [-0.15, -0.1) is 0 Å². The van der Waals surface area contributed by atoms with Gasteiger partial charge in [0.05, 0.1) is 7.11 Å². The Bertz CT molecular complexity index is 364. The van der Waals surface area contributed by atoms with Crippen LogP contribution in [0.5, 0.6) is 5.75 Å². The maximum Gasteiger partial charge on any atom is 0.167 e. The van der Waals surface area contributed by atoms with E-state index in [-0.39, 0.29) is 17.1 Å². The monoisotopic (exact) mass is 210 g/mol. The zero-order valence-corrected chi connectivity index (χ0v) is 8.72. The molecule has 0 radical (unpaired) electrons. The van der Waals surface area contributed by atoms with Gasteiger partial charge in [0.1, 0.15) is 0 Å². The Hall–Kier alpha value is -1.29. The summed E-state index contributed by atoms with van der Waals surface area (Å²) < 4.78 is 18.1. The summed E-state index contributed by atoms with van der Waals surface area (Å²) >= 11 is 0. The molecule has 1 aromatic rings. The molecule has 3 N–H and O–H groups in total. The number of hydrogen-bond donors (Lipinski definition) is 2. The first-order chi connectivity index (χ1) is 7.13. The molecule has 3 nitrogen and oxygen atoms in total. The molecule has 0 spiro atoms. The highest BCUT2D eigenvalue weighted by molar-refractivity contribution is 5.47. The fourth-order valence-corrected chi connectivity index (χ4v) is 1.39. The molecule has 15 heavy (non-hydrogen) atoms. The third-order valence-electron chi connectivity index (χ3n) is 2.69. The van der Waals surface area contributed by atoms with Gasteiger partial charge < -0.3 is 15.8 Å². The van der Waals surface area contributed by atoms with E-state index >= 15 is 0 Å². The standard InChI is InChI=1S/C11H15FN2O/c1-15-10-3-2-8(6-9(10)12)14-7-11(13)4-5-11/h2-3,6,14H,4-5,7,13H2,1H3. The predicted molar refractivity (Wildman–Crippen MR) is 57.6 cm³/mol. The highest BCUT2D eigenvalue weighted by atomic mass is 19.1. The molecule has 0 amide bonds. The first-order valence-corrected chi connectivity index (χ1v) is 4.99. The van der Waals surface area contributed by atoms with Crippen LogP contribution in [0.3, 0.4) is 0 Å². The van der Waals surface area contributed by atoms with E-state index in [0.717, 1.165) is 18.5 Å². The molecule has 2 rings (SSSR count). The van der Waals surface area contributed by atoms with Crippen molar-refractivity contribution in [1.82, 2.24) is 0 Å². The lowest BCUT2D eigenvalue weighted by molar-refractivity contribution is 0.386. The molecule has 0 saturated heterocycles. The Morgan fingerprint density at radius 2 is 2.27 bits per heavy atom. The summed E-state index contributed by atoms with van der Waals surface area (Å²) in [6.45, 7) is 0.693. The van der Waals surface area contributed by atoms with Crippen molar-refractivity contribution in [1.29, 1.82) is 0 Å². The van der Waals surface area contributed by atoms with Crippen LogP contribution >= 0.6 is 0 Å². The highest BCUT2D eigenvalue weighted by Gasteiger charge is 2.37. The lowest BCUT2D eigenvalue weighted by Gasteiger charge is -2.12. The molecule has 1 aliphatic carbocycles. The Kier molecular flexibility index (Phi) is 2.52. The number of ether oxygens (including phenoxy) is 1. The Balaban J connectivity index is 1.99. The van der Waals surface area contributed by atoms with E-state index in [0.29, 0.717) is 6.54 Å². The van der Waals surface area contributed by atoms with E-state index in [1.807, 2.05) is 0 Å². The van der Waals surface area contributed by atoms with Crippen molar-refractivity contribution in [2.45, 2.75) is 18.4 Å². The van der Waals surface area contributed by atoms with E-state index in [1.165, 1.54) is 13.2 Å². The van der Waals surface area contributed by atoms with Crippen LogP contribution in [0.25, 0.3) is 0 Å². The third kappa shape index (κ3) is 2.39. The molecule has 1 aromatic carbocycles. The minimum absolute atomic E-state index is 0.0730. The predicted octanol–water partition coefficient (Wildman–Crippen LogP) is 1.74. The largest absolute Gasteiger partial charge is 0.494 e. The fraction of sp³-hybridized carbons (Fsp3) is 0.455. The van der Waals surface area contributed by atoms with Crippen LogP contribution in [0, 0.1) is 5.82 Å². The molecule has 0 unspecified atom stereocenters. The van der Waals surface area contributed by atoms with Gasteiger partial charge >= 0.3 is 0 Å². The normalized spacial score (nSPS) is 17.3. The molecule has 0 aliphatic heterocycles. The number of methoxy groups -OCH3 is 1. The summed E-state index contributed by atoms with van der Waals surface area (Å²) in [4.78, 5) is 0. The summed E-state index contributed by atoms with van der Waals surface area (Å²) in [5.41, 5.74) is 6.58. The second-order valence-corrected chi connectivity index (χ2v) is 4.07. The van der Waals surface area contributed by atoms with Crippen LogP contribution in [0.1, 0.15) is 12.8 Å². The highest BCUT2D eigenvalue weighted by Crippen LogP contribution is 2.32. The number of anilines is 1. The second kappa shape index (κ2) is 3.70. The zero-order valence-electron chi connectivity index (χ0n) is 8.72. The van der Waals surface area contributed by atoms with Crippen molar-refractivity contribution in [3.8, 4) is 5.75 Å².